The van der Waals surface area contributed by atoms with Gasteiger partial charge in [-0.1, -0.05) is 25.5 Å². The lowest BCUT2D eigenvalue weighted by molar-refractivity contribution is -0.131. The second-order valence-electron chi connectivity index (χ2n) is 5.18. The molecule has 0 spiro atoms. The van der Waals surface area contributed by atoms with E-state index >= 15 is 0 Å². The first kappa shape index (κ1) is 14.3. The Morgan fingerprint density at radius 2 is 2.20 bits per heavy atom. The van der Waals surface area contributed by atoms with Crippen molar-refractivity contribution in [2.24, 2.45) is 5.92 Å². The van der Waals surface area contributed by atoms with E-state index in [2.05, 4.69) is 12.2 Å². The van der Waals surface area contributed by atoms with Crippen LogP contribution < -0.4 is 5.32 Å². The first-order valence-corrected chi connectivity index (χ1v) is 6.84. The molecular weight excluding hydrogens is 254 g/mol. The van der Waals surface area contributed by atoms with Gasteiger partial charge in [0.1, 0.15) is 0 Å². The number of benzene rings is 1. The molecule has 0 heterocycles. The van der Waals surface area contributed by atoms with Gasteiger partial charge in [-0.3, -0.25) is 4.79 Å². The third kappa shape index (κ3) is 3.26. The van der Waals surface area contributed by atoms with Crippen LogP contribution in [0.5, 0.6) is 0 Å². The Kier molecular flexibility index (Phi) is 4.23. The Bertz CT molecular complexity index is 563. The lowest BCUT2D eigenvalue weighted by atomic mass is 10.0. The number of aliphatic carboxylic acids is 1. The second kappa shape index (κ2) is 5.90. The molecule has 1 aromatic carbocycles. The van der Waals surface area contributed by atoms with Crippen molar-refractivity contribution in [1.82, 2.24) is 5.32 Å². The quantitative estimate of drug-likeness (QED) is 0.810. The van der Waals surface area contributed by atoms with Crippen molar-refractivity contribution in [1.29, 1.82) is 0 Å². The molecule has 106 valence electrons. The molecule has 2 atom stereocenters. The van der Waals surface area contributed by atoms with Gasteiger partial charge in [0.25, 0.3) is 5.91 Å². The normalized spacial score (nSPS) is 20.9. The van der Waals surface area contributed by atoms with Gasteiger partial charge in [0.2, 0.25) is 0 Å². The van der Waals surface area contributed by atoms with Gasteiger partial charge >= 0.3 is 5.97 Å². The zero-order valence-corrected chi connectivity index (χ0v) is 11.7. The average molecular weight is 273 g/mol. The van der Waals surface area contributed by atoms with Gasteiger partial charge in [0.05, 0.1) is 0 Å². The SMILES string of the molecule is CCC1CC1NC(=O)c1cccc(/C=C/C(=O)O)c1C. The maximum Gasteiger partial charge on any atom is 0.328 e. The van der Waals surface area contributed by atoms with Crippen molar-refractivity contribution >= 4 is 18.0 Å². The molecule has 0 aliphatic heterocycles. The summed E-state index contributed by atoms with van der Waals surface area (Å²) >= 11 is 0. The second-order valence-corrected chi connectivity index (χ2v) is 5.18. The summed E-state index contributed by atoms with van der Waals surface area (Å²) in [5.74, 6) is -0.466. The number of hydrogen-bond donors (Lipinski definition) is 2. The maximum atomic E-state index is 12.2. The molecule has 2 rings (SSSR count). The van der Waals surface area contributed by atoms with E-state index in [9.17, 15) is 9.59 Å². The van der Waals surface area contributed by atoms with E-state index in [4.69, 9.17) is 5.11 Å². The van der Waals surface area contributed by atoms with E-state index in [1.165, 1.54) is 6.08 Å². The Morgan fingerprint density at radius 1 is 1.45 bits per heavy atom. The summed E-state index contributed by atoms with van der Waals surface area (Å²) < 4.78 is 0. The molecule has 0 radical (unpaired) electrons. The third-order valence-corrected chi connectivity index (χ3v) is 3.79. The van der Waals surface area contributed by atoms with Crippen molar-refractivity contribution in [3.8, 4) is 0 Å². The van der Waals surface area contributed by atoms with E-state index < -0.39 is 5.97 Å². The Labute approximate surface area is 118 Å². The molecule has 2 unspecified atom stereocenters. The fraction of sp³-hybridized carbons (Fsp3) is 0.375. The van der Waals surface area contributed by atoms with Crippen molar-refractivity contribution < 1.29 is 14.7 Å². The molecule has 1 aliphatic carbocycles. The number of carbonyl (C=O) groups is 2. The minimum Gasteiger partial charge on any atom is -0.478 e. The Hall–Kier alpha value is -2.10. The van der Waals surface area contributed by atoms with E-state index in [-0.39, 0.29) is 5.91 Å². The molecule has 0 saturated heterocycles. The summed E-state index contributed by atoms with van der Waals surface area (Å²) in [6.07, 6.45) is 4.74. The fourth-order valence-electron chi connectivity index (χ4n) is 2.36. The highest BCUT2D eigenvalue weighted by Gasteiger charge is 2.36. The number of rotatable bonds is 5. The summed E-state index contributed by atoms with van der Waals surface area (Å²) in [6.45, 7) is 3.96. The third-order valence-electron chi connectivity index (χ3n) is 3.79. The number of amides is 1. The van der Waals surface area contributed by atoms with Crippen molar-refractivity contribution in [3.05, 3.63) is 41.0 Å². The predicted molar refractivity (Wildman–Crippen MR) is 77.5 cm³/mol. The molecular formula is C16H19NO3. The van der Waals surface area contributed by atoms with Gasteiger partial charge < -0.3 is 10.4 Å². The molecule has 1 aliphatic rings. The number of carboxylic acids is 1. The monoisotopic (exact) mass is 273 g/mol. The first-order valence-electron chi connectivity index (χ1n) is 6.84. The van der Waals surface area contributed by atoms with Crippen LogP contribution in [0.3, 0.4) is 0 Å². The van der Waals surface area contributed by atoms with Gasteiger partial charge in [-0.25, -0.2) is 4.79 Å². The summed E-state index contributed by atoms with van der Waals surface area (Å²) in [6, 6.07) is 5.64. The van der Waals surface area contributed by atoms with Gasteiger partial charge in [-0.15, -0.1) is 0 Å². The van der Waals surface area contributed by atoms with E-state index in [0.717, 1.165) is 30.0 Å². The summed E-state index contributed by atoms with van der Waals surface area (Å²) in [5, 5.41) is 11.7. The van der Waals surface area contributed by atoms with Crippen molar-refractivity contribution in [3.63, 3.8) is 0 Å². The maximum absolute atomic E-state index is 12.2. The summed E-state index contributed by atoms with van der Waals surface area (Å²) in [5.41, 5.74) is 2.17. The van der Waals surface area contributed by atoms with Gasteiger partial charge in [0.15, 0.2) is 0 Å². The highest BCUT2D eigenvalue weighted by atomic mass is 16.4. The fourth-order valence-corrected chi connectivity index (χ4v) is 2.36. The highest BCUT2D eigenvalue weighted by molar-refractivity contribution is 5.97. The molecule has 0 aromatic heterocycles. The zero-order valence-electron chi connectivity index (χ0n) is 11.7. The minimum absolute atomic E-state index is 0.0750. The Balaban J connectivity index is 2.13. The number of hydrogen-bond acceptors (Lipinski definition) is 2. The molecule has 1 amide bonds. The van der Waals surface area contributed by atoms with Gasteiger partial charge in [0, 0.05) is 17.7 Å². The molecule has 4 nitrogen and oxygen atoms in total. The van der Waals surface area contributed by atoms with Gasteiger partial charge in [-0.2, -0.15) is 0 Å². The van der Waals surface area contributed by atoms with Crippen molar-refractivity contribution in [2.45, 2.75) is 32.7 Å². The molecule has 1 saturated carbocycles. The van der Waals surface area contributed by atoms with Crippen LogP contribution in [0.4, 0.5) is 0 Å². The van der Waals surface area contributed by atoms with Crippen LogP contribution in [-0.4, -0.2) is 23.0 Å². The molecule has 1 fully saturated rings. The van der Waals surface area contributed by atoms with Crippen LogP contribution in [-0.2, 0) is 4.79 Å². The van der Waals surface area contributed by atoms with Crippen LogP contribution >= 0.6 is 0 Å². The highest BCUT2D eigenvalue weighted by Crippen LogP contribution is 2.33. The van der Waals surface area contributed by atoms with Crippen LogP contribution in [0.25, 0.3) is 6.08 Å². The van der Waals surface area contributed by atoms with Gasteiger partial charge in [-0.05, 0) is 42.5 Å². The van der Waals surface area contributed by atoms with Crippen LogP contribution in [0.2, 0.25) is 0 Å². The Morgan fingerprint density at radius 3 is 2.80 bits per heavy atom. The predicted octanol–water partition coefficient (Wildman–Crippen LogP) is 2.62. The zero-order chi connectivity index (χ0) is 14.7. The van der Waals surface area contributed by atoms with Crippen LogP contribution in [0, 0.1) is 12.8 Å². The standard InChI is InChI=1S/C16H19NO3/c1-3-11-9-14(11)17-16(20)13-6-4-5-12(10(13)2)7-8-15(18)19/h4-8,11,14H,3,9H2,1-2H3,(H,17,20)(H,18,19)/b8-7+. The smallest absolute Gasteiger partial charge is 0.328 e. The molecule has 2 N–H and O–H groups in total. The first-order chi connectivity index (χ1) is 9.52. The molecule has 20 heavy (non-hydrogen) atoms. The number of carboxylic acid groups (broad SMARTS) is 1. The van der Waals surface area contributed by atoms with Crippen LogP contribution in [0.15, 0.2) is 24.3 Å². The number of carbonyl (C=O) groups excluding carboxylic acids is 1. The lowest BCUT2D eigenvalue weighted by Gasteiger charge is -2.09. The molecule has 0 bridgehead atoms. The van der Waals surface area contributed by atoms with E-state index in [0.29, 0.717) is 17.5 Å². The largest absolute Gasteiger partial charge is 0.478 e. The topological polar surface area (TPSA) is 66.4 Å². The number of nitrogens with one attached hydrogen (secondary N) is 1. The van der Waals surface area contributed by atoms with Crippen molar-refractivity contribution in [2.75, 3.05) is 0 Å². The van der Waals surface area contributed by atoms with E-state index in [1.54, 1.807) is 18.2 Å². The molecule has 4 heteroatoms. The van der Waals surface area contributed by atoms with Crippen LogP contribution in [0.1, 0.15) is 41.3 Å². The summed E-state index contributed by atoms with van der Waals surface area (Å²) in [4.78, 5) is 22.8. The molecule has 1 aromatic rings. The van der Waals surface area contributed by atoms with E-state index in [1.807, 2.05) is 6.92 Å². The lowest BCUT2D eigenvalue weighted by Crippen LogP contribution is -2.27. The average Bonchev–Trinajstić information content (AvgIpc) is 3.15. The minimum atomic E-state index is -0.997. The summed E-state index contributed by atoms with van der Waals surface area (Å²) in [7, 11) is 0.